The molecule has 0 bridgehead atoms. The largest absolute Gasteiger partial charge is 0.0887 e. The van der Waals surface area contributed by atoms with Crippen molar-refractivity contribution in [2.24, 2.45) is 0 Å². The van der Waals surface area contributed by atoms with Crippen molar-refractivity contribution < 1.29 is 0 Å². The van der Waals surface area contributed by atoms with Gasteiger partial charge in [0.05, 0.1) is 7.85 Å². The lowest BCUT2D eigenvalue weighted by atomic mass is 9.98. The van der Waals surface area contributed by atoms with Crippen LogP contribution in [0.5, 0.6) is 0 Å². The first-order valence-corrected chi connectivity index (χ1v) is 16.6. The summed E-state index contributed by atoms with van der Waals surface area (Å²) in [6.45, 7) is 2.31. The van der Waals surface area contributed by atoms with Gasteiger partial charge in [0.1, 0.15) is 0 Å². The average molecular weight is 475 g/mol. The van der Waals surface area contributed by atoms with Crippen LogP contribution in [0.3, 0.4) is 0 Å². The Hall–Kier alpha value is 0.0649. The van der Waals surface area contributed by atoms with Crippen LogP contribution in [0.1, 0.15) is 206 Å². The predicted octanol–water partition coefficient (Wildman–Crippen LogP) is 12.7. The summed E-state index contributed by atoms with van der Waals surface area (Å²) in [5, 5.41) is 0. The van der Waals surface area contributed by atoms with Gasteiger partial charge >= 0.3 is 0 Å². The molecule has 0 saturated carbocycles. The van der Waals surface area contributed by atoms with Gasteiger partial charge in [0.25, 0.3) is 0 Å². The first-order chi connectivity index (χ1) is 16.9. The lowest BCUT2D eigenvalue weighted by Crippen LogP contribution is -1.85. The van der Waals surface area contributed by atoms with Gasteiger partial charge in [-0.2, -0.15) is 0 Å². The molecule has 0 atom stereocenters. The van der Waals surface area contributed by atoms with Gasteiger partial charge in [0, 0.05) is 0 Å². The molecule has 0 aromatic heterocycles. The molecule has 0 aliphatic carbocycles. The van der Waals surface area contributed by atoms with Crippen LogP contribution >= 0.6 is 0 Å². The molecule has 1 heteroatoms. The van der Waals surface area contributed by atoms with E-state index in [1.807, 2.05) is 0 Å². The van der Waals surface area contributed by atoms with E-state index >= 15 is 0 Å². The average Bonchev–Trinajstić information content (AvgIpc) is 2.85. The zero-order valence-electron chi connectivity index (χ0n) is 24.2. The van der Waals surface area contributed by atoms with Crippen LogP contribution in [0.25, 0.3) is 0 Å². The van der Waals surface area contributed by atoms with E-state index in [0.29, 0.717) is 0 Å². The molecular formula is C33H67B. The van der Waals surface area contributed by atoms with E-state index in [2.05, 4.69) is 6.92 Å². The molecule has 34 heavy (non-hydrogen) atoms. The van der Waals surface area contributed by atoms with Crippen molar-refractivity contribution in [2.45, 2.75) is 212 Å². The maximum atomic E-state index is 5.54. The smallest absolute Gasteiger partial charge is 0.0653 e. The number of rotatable bonds is 31. The molecule has 0 nitrogen and oxygen atoms in total. The standard InChI is InChI=1S/C33H67B/c1-2-3-4-5-6-7-8-9-10-11-12-13-14-15-16-17-18-19-20-21-22-23-24-25-26-27-28-29-30-31-32-33-34/h2-33H2,1H3. The molecule has 0 heterocycles. The molecule has 0 spiro atoms. The van der Waals surface area contributed by atoms with Crippen LogP contribution in [0.2, 0.25) is 6.32 Å². The maximum absolute atomic E-state index is 5.54. The van der Waals surface area contributed by atoms with Crippen LogP contribution in [0.15, 0.2) is 0 Å². The summed E-state index contributed by atoms with van der Waals surface area (Å²) in [6.07, 6.45) is 46.2. The second-order valence-corrected chi connectivity index (χ2v) is 11.4. The molecule has 0 amide bonds. The molecule has 0 aromatic rings. The van der Waals surface area contributed by atoms with Crippen molar-refractivity contribution in [3.05, 3.63) is 0 Å². The molecule has 0 fully saturated rings. The summed E-state index contributed by atoms with van der Waals surface area (Å²) in [5.74, 6) is 0. The minimum absolute atomic E-state index is 0.875. The summed E-state index contributed by atoms with van der Waals surface area (Å²) >= 11 is 0. The summed E-state index contributed by atoms with van der Waals surface area (Å²) < 4.78 is 0. The molecule has 2 radical (unpaired) electrons. The first kappa shape index (κ1) is 34.1. The molecule has 0 aliphatic heterocycles. The zero-order chi connectivity index (χ0) is 24.6. The van der Waals surface area contributed by atoms with Crippen LogP contribution in [0.4, 0.5) is 0 Å². The Morgan fingerprint density at radius 1 is 0.235 bits per heavy atom. The predicted molar refractivity (Wildman–Crippen MR) is 159 cm³/mol. The van der Waals surface area contributed by atoms with E-state index in [1.54, 1.807) is 0 Å². The third-order valence-corrected chi connectivity index (χ3v) is 7.81. The highest BCUT2D eigenvalue weighted by molar-refractivity contribution is 6.08. The van der Waals surface area contributed by atoms with Crippen molar-refractivity contribution in [1.82, 2.24) is 0 Å². The highest BCUT2D eigenvalue weighted by Gasteiger charge is 1.97. The Labute approximate surface area is 220 Å². The van der Waals surface area contributed by atoms with Crippen LogP contribution in [-0.2, 0) is 0 Å². The van der Waals surface area contributed by atoms with E-state index in [4.69, 9.17) is 7.85 Å². The number of hydrogen-bond acceptors (Lipinski definition) is 0. The maximum Gasteiger partial charge on any atom is 0.0653 e. The van der Waals surface area contributed by atoms with Crippen LogP contribution in [-0.4, -0.2) is 7.85 Å². The summed E-state index contributed by atoms with van der Waals surface area (Å²) in [6, 6.07) is 0. The zero-order valence-corrected chi connectivity index (χ0v) is 24.2. The van der Waals surface area contributed by atoms with Gasteiger partial charge in [0.15, 0.2) is 0 Å². The Morgan fingerprint density at radius 3 is 0.529 bits per heavy atom. The Morgan fingerprint density at radius 2 is 0.382 bits per heavy atom. The monoisotopic (exact) mass is 475 g/mol. The molecule has 0 aromatic carbocycles. The van der Waals surface area contributed by atoms with Gasteiger partial charge in [-0.15, -0.1) is 0 Å². The van der Waals surface area contributed by atoms with Gasteiger partial charge in [-0.25, -0.2) is 0 Å². The Kier molecular flexibility index (Phi) is 33.1. The van der Waals surface area contributed by atoms with E-state index in [0.717, 1.165) is 6.32 Å². The van der Waals surface area contributed by atoms with Crippen molar-refractivity contribution in [3.63, 3.8) is 0 Å². The van der Waals surface area contributed by atoms with E-state index in [9.17, 15) is 0 Å². The lowest BCUT2D eigenvalue weighted by Gasteiger charge is -2.04. The molecule has 0 unspecified atom stereocenters. The molecule has 0 aliphatic rings. The lowest BCUT2D eigenvalue weighted by molar-refractivity contribution is 0.513. The third kappa shape index (κ3) is 32.1. The van der Waals surface area contributed by atoms with E-state index in [1.165, 1.54) is 199 Å². The fraction of sp³-hybridized carbons (Fsp3) is 1.00. The Bertz CT molecular complexity index is 295. The SMILES string of the molecule is [B]CCCCCCCCCCCCCCCCCCCCCCCCCCCCCCCCC. The fourth-order valence-corrected chi connectivity index (χ4v) is 5.34. The normalized spacial score (nSPS) is 11.4. The first-order valence-electron chi connectivity index (χ1n) is 16.6. The fourth-order valence-electron chi connectivity index (χ4n) is 5.34. The summed E-state index contributed by atoms with van der Waals surface area (Å²) in [4.78, 5) is 0. The quantitative estimate of drug-likeness (QED) is 0.0692. The topological polar surface area (TPSA) is 0 Å². The molecule has 0 N–H and O–H groups in total. The van der Waals surface area contributed by atoms with Gasteiger partial charge < -0.3 is 0 Å². The van der Waals surface area contributed by atoms with Crippen LogP contribution in [0, 0.1) is 0 Å². The highest BCUT2D eigenvalue weighted by Crippen LogP contribution is 2.16. The molecular weight excluding hydrogens is 407 g/mol. The highest BCUT2D eigenvalue weighted by atomic mass is 14.0. The molecule has 202 valence electrons. The minimum atomic E-state index is 0.875. The molecule has 0 saturated heterocycles. The minimum Gasteiger partial charge on any atom is -0.0887 e. The van der Waals surface area contributed by atoms with E-state index < -0.39 is 0 Å². The summed E-state index contributed by atoms with van der Waals surface area (Å²) in [7, 11) is 5.54. The summed E-state index contributed by atoms with van der Waals surface area (Å²) in [5.41, 5.74) is 0. The van der Waals surface area contributed by atoms with Crippen molar-refractivity contribution in [3.8, 4) is 0 Å². The van der Waals surface area contributed by atoms with Gasteiger partial charge in [-0.3, -0.25) is 0 Å². The van der Waals surface area contributed by atoms with Gasteiger partial charge in [-0.05, 0) is 0 Å². The number of hydrogen-bond donors (Lipinski definition) is 0. The van der Waals surface area contributed by atoms with Gasteiger partial charge in [-0.1, -0.05) is 212 Å². The molecule has 0 rings (SSSR count). The van der Waals surface area contributed by atoms with Gasteiger partial charge in [0.2, 0.25) is 0 Å². The second kappa shape index (κ2) is 33.1. The Balaban J connectivity index is 2.99. The van der Waals surface area contributed by atoms with Crippen molar-refractivity contribution in [2.75, 3.05) is 0 Å². The van der Waals surface area contributed by atoms with Crippen molar-refractivity contribution in [1.29, 1.82) is 0 Å². The van der Waals surface area contributed by atoms with Crippen LogP contribution < -0.4 is 0 Å². The number of unbranched alkanes of at least 4 members (excludes halogenated alkanes) is 30. The second-order valence-electron chi connectivity index (χ2n) is 11.4. The van der Waals surface area contributed by atoms with E-state index in [-0.39, 0.29) is 0 Å². The van der Waals surface area contributed by atoms with Crippen molar-refractivity contribution >= 4 is 7.85 Å². The third-order valence-electron chi connectivity index (χ3n) is 7.81.